The molecule has 2 heterocycles. The monoisotopic (exact) mass is 343 g/mol. The van der Waals surface area contributed by atoms with Crippen molar-refractivity contribution in [1.29, 1.82) is 0 Å². The molecule has 2 aromatic rings. The molecule has 1 aliphatic heterocycles. The number of carbonyl (C=O) groups excluding carboxylic acids is 1. The van der Waals surface area contributed by atoms with E-state index in [4.69, 9.17) is 4.74 Å². The number of amides is 1. The minimum Gasteiger partial charge on any atom is -0.497 e. The van der Waals surface area contributed by atoms with Gasteiger partial charge in [0.15, 0.2) is 0 Å². The van der Waals surface area contributed by atoms with E-state index in [9.17, 15) is 4.79 Å². The molecule has 0 aliphatic carbocycles. The largest absolute Gasteiger partial charge is 0.497 e. The molecule has 1 saturated heterocycles. The molecule has 0 spiro atoms. The molecule has 1 aromatic carbocycles. The van der Waals surface area contributed by atoms with Crippen molar-refractivity contribution < 1.29 is 9.53 Å². The van der Waals surface area contributed by atoms with Gasteiger partial charge in [-0.25, -0.2) is 4.68 Å². The molecule has 0 unspecified atom stereocenters. The average molecular weight is 343 g/mol. The van der Waals surface area contributed by atoms with Crippen molar-refractivity contribution >= 4 is 5.91 Å². The van der Waals surface area contributed by atoms with Gasteiger partial charge >= 0.3 is 0 Å². The summed E-state index contributed by atoms with van der Waals surface area (Å²) in [5.41, 5.74) is 1.77. The number of likely N-dealkylation sites (N-methyl/N-ethyl adjacent to an activating group) is 1. The van der Waals surface area contributed by atoms with E-state index in [1.807, 2.05) is 53.9 Å². The van der Waals surface area contributed by atoms with Gasteiger partial charge in [-0.05, 0) is 32.4 Å². The Hall–Kier alpha value is -2.41. The first kappa shape index (κ1) is 17.4. The second-order valence-electron chi connectivity index (χ2n) is 6.18. The van der Waals surface area contributed by atoms with Gasteiger partial charge in [-0.15, -0.1) is 5.10 Å². The molecule has 25 heavy (non-hydrogen) atoms. The van der Waals surface area contributed by atoms with Crippen molar-refractivity contribution in [2.45, 2.75) is 32.4 Å². The Balaban J connectivity index is 1.70. The molecule has 1 N–H and O–H groups in total. The number of aromatic nitrogens is 3. The molecule has 2 atom stereocenters. The summed E-state index contributed by atoms with van der Waals surface area (Å²) < 4.78 is 7.12. The standard InChI is InChI=1S/C18H25N5O2/c1-4-22(5-2)18(24)16-10-14(11-19-16)23-12-17(20-21-23)13-7-6-8-15(9-13)25-3/h6-9,12,14,16,19H,4-5,10-11H2,1-3H3/t14-,16-/m0/s1. The Morgan fingerprint density at radius 1 is 1.40 bits per heavy atom. The highest BCUT2D eigenvalue weighted by Crippen LogP contribution is 2.25. The second-order valence-corrected chi connectivity index (χ2v) is 6.18. The molecule has 0 bridgehead atoms. The lowest BCUT2D eigenvalue weighted by atomic mass is 10.1. The number of nitrogens with one attached hydrogen (secondary N) is 1. The lowest BCUT2D eigenvalue weighted by Gasteiger charge is -2.22. The predicted octanol–water partition coefficient (Wildman–Crippen LogP) is 1.73. The van der Waals surface area contributed by atoms with Crippen molar-refractivity contribution in [1.82, 2.24) is 25.2 Å². The molecule has 1 fully saturated rings. The van der Waals surface area contributed by atoms with Crippen LogP contribution in [0.3, 0.4) is 0 Å². The van der Waals surface area contributed by atoms with Gasteiger partial charge in [-0.3, -0.25) is 4.79 Å². The van der Waals surface area contributed by atoms with Crippen LogP contribution in [0.1, 0.15) is 26.3 Å². The highest BCUT2D eigenvalue weighted by atomic mass is 16.5. The maximum atomic E-state index is 12.5. The molecule has 0 radical (unpaired) electrons. The van der Waals surface area contributed by atoms with Gasteiger partial charge in [-0.1, -0.05) is 17.3 Å². The van der Waals surface area contributed by atoms with E-state index in [0.717, 1.165) is 43.1 Å². The molecule has 1 aromatic heterocycles. The van der Waals surface area contributed by atoms with E-state index < -0.39 is 0 Å². The normalized spacial score (nSPS) is 19.8. The molecule has 0 saturated carbocycles. The summed E-state index contributed by atoms with van der Waals surface area (Å²) in [7, 11) is 1.65. The summed E-state index contributed by atoms with van der Waals surface area (Å²) in [4.78, 5) is 14.4. The molecule has 1 aliphatic rings. The van der Waals surface area contributed by atoms with E-state index in [2.05, 4.69) is 15.6 Å². The molecule has 7 heteroatoms. The number of rotatable bonds is 6. The molecule has 7 nitrogen and oxygen atoms in total. The highest BCUT2D eigenvalue weighted by Gasteiger charge is 2.33. The first-order valence-electron chi connectivity index (χ1n) is 8.74. The Kier molecular flexibility index (Phi) is 5.33. The number of nitrogens with zero attached hydrogens (tertiary/aromatic N) is 4. The number of hydrogen-bond acceptors (Lipinski definition) is 5. The van der Waals surface area contributed by atoms with Gasteiger partial charge in [0.05, 0.1) is 25.4 Å². The molecule has 134 valence electrons. The van der Waals surface area contributed by atoms with Crippen LogP contribution >= 0.6 is 0 Å². The zero-order valence-corrected chi connectivity index (χ0v) is 15.0. The maximum absolute atomic E-state index is 12.5. The summed E-state index contributed by atoms with van der Waals surface area (Å²) in [5.74, 6) is 0.958. The number of ether oxygens (including phenoxy) is 1. The van der Waals surface area contributed by atoms with E-state index >= 15 is 0 Å². The molecular formula is C18H25N5O2. The average Bonchev–Trinajstić information content (AvgIpc) is 3.32. The number of hydrogen-bond donors (Lipinski definition) is 1. The van der Waals surface area contributed by atoms with Crippen LogP contribution in [0.15, 0.2) is 30.5 Å². The quantitative estimate of drug-likeness (QED) is 0.865. The smallest absolute Gasteiger partial charge is 0.239 e. The lowest BCUT2D eigenvalue weighted by Crippen LogP contribution is -2.43. The van der Waals surface area contributed by atoms with Crippen LogP contribution in [-0.4, -0.2) is 58.6 Å². The molecule has 3 rings (SSSR count). The van der Waals surface area contributed by atoms with Crippen LogP contribution in [0.2, 0.25) is 0 Å². The van der Waals surface area contributed by atoms with Crippen LogP contribution in [0.5, 0.6) is 5.75 Å². The lowest BCUT2D eigenvalue weighted by molar-refractivity contribution is -0.132. The van der Waals surface area contributed by atoms with E-state index in [1.54, 1.807) is 7.11 Å². The van der Waals surface area contributed by atoms with Gasteiger partial charge in [0.2, 0.25) is 5.91 Å². The summed E-state index contributed by atoms with van der Waals surface area (Å²) >= 11 is 0. The number of benzene rings is 1. The van der Waals surface area contributed by atoms with E-state index in [0.29, 0.717) is 0 Å². The fourth-order valence-electron chi connectivity index (χ4n) is 3.23. The maximum Gasteiger partial charge on any atom is 0.239 e. The second kappa shape index (κ2) is 7.65. The van der Waals surface area contributed by atoms with Gasteiger partial charge in [0.1, 0.15) is 11.4 Å². The van der Waals surface area contributed by atoms with Crippen LogP contribution in [0.25, 0.3) is 11.3 Å². The first-order chi connectivity index (χ1) is 12.2. The fraction of sp³-hybridized carbons (Fsp3) is 0.500. The Morgan fingerprint density at radius 2 is 2.20 bits per heavy atom. The van der Waals surface area contributed by atoms with Crippen LogP contribution < -0.4 is 10.1 Å². The minimum atomic E-state index is -0.144. The Bertz CT molecular complexity index is 726. The van der Waals surface area contributed by atoms with Gasteiger partial charge < -0.3 is 15.0 Å². The Labute approximate surface area is 148 Å². The van der Waals surface area contributed by atoms with Crippen molar-refractivity contribution in [3.05, 3.63) is 30.5 Å². The zero-order chi connectivity index (χ0) is 17.8. The van der Waals surface area contributed by atoms with Crippen LogP contribution in [-0.2, 0) is 4.79 Å². The van der Waals surface area contributed by atoms with Crippen molar-refractivity contribution in [2.75, 3.05) is 26.7 Å². The summed E-state index contributed by atoms with van der Waals surface area (Å²) in [6.07, 6.45) is 2.67. The predicted molar refractivity (Wildman–Crippen MR) is 95.4 cm³/mol. The first-order valence-corrected chi connectivity index (χ1v) is 8.74. The minimum absolute atomic E-state index is 0.136. The van der Waals surface area contributed by atoms with Crippen LogP contribution in [0.4, 0.5) is 0 Å². The molecule has 1 amide bonds. The highest BCUT2D eigenvalue weighted by molar-refractivity contribution is 5.82. The SMILES string of the molecule is CCN(CC)C(=O)[C@@H]1C[C@H](n2cc(-c3cccc(OC)c3)nn2)CN1. The fourth-order valence-corrected chi connectivity index (χ4v) is 3.23. The third kappa shape index (κ3) is 3.66. The Morgan fingerprint density at radius 3 is 2.92 bits per heavy atom. The van der Waals surface area contributed by atoms with E-state index in [1.165, 1.54) is 0 Å². The van der Waals surface area contributed by atoms with Crippen molar-refractivity contribution in [3.63, 3.8) is 0 Å². The third-order valence-electron chi connectivity index (χ3n) is 4.73. The summed E-state index contributed by atoms with van der Waals surface area (Å²) in [6, 6.07) is 7.75. The summed E-state index contributed by atoms with van der Waals surface area (Å²) in [5, 5.41) is 11.9. The van der Waals surface area contributed by atoms with Gasteiger partial charge in [0, 0.05) is 25.2 Å². The third-order valence-corrected chi connectivity index (χ3v) is 4.73. The van der Waals surface area contributed by atoms with E-state index in [-0.39, 0.29) is 18.0 Å². The number of carbonyl (C=O) groups is 1. The molecular weight excluding hydrogens is 318 g/mol. The van der Waals surface area contributed by atoms with Crippen molar-refractivity contribution in [3.8, 4) is 17.0 Å². The van der Waals surface area contributed by atoms with Gasteiger partial charge in [0.25, 0.3) is 0 Å². The van der Waals surface area contributed by atoms with Crippen molar-refractivity contribution in [2.24, 2.45) is 0 Å². The number of methoxy groups -OCH3 is 1. The van der Waals surface area contributed by atoms with Crippen LogP contribution in [0, 0.1) is 0 Å². The zero-order valence-electron chi connectivity index (χ0n) is 15.0. The summed E-state index contributed by atoms with van der Waals surface area (Å²) in [6.45, 7) is 6.21. The van der Waals surface area contributed by atoms with Gasteiger partial charge in [-0.2, -0.15) is 0 Å². The topological polar surface area (TPSA) is 72.3 Å².